The summed E-state index contributed by atoms with van der Waals surface area (Å²) >= 11 is 0. The molecular formula is C11H16N2O2. The Hall–Kier alpha value is -1.29. The highest BCUT2D eigenvalue weighted by Gasteiger charge is 2.25. The molecule has 1 aromatic rings. The first-order valence-electron chi connectivity index (χ1n) is 5.26. The monoisotopic (exact) mass is 208 g/mol. The third kappa shape index (κ3) is 2.04. The molecule has 0 aromatic carbocycles. The Morgan fingerprint density at radius 2 is 2.40 bits per heavy atom. The molecule has 2 rings (SSSR count). The van der Waals surface area contributed by atoms with Crippen LogP contribution < -0.4 is 5.32 Å². The molecular weight excluding hydrogens is 192 g/mol. The summed E-state index contributed by atoms with van der Waals surface area (Å²) in [6.45, 7) is 6.35. The van der Waals surface area contributed by atoms with Crippen LogP contribution in [0.15, 0.2) is 16.5 Å². The molecule has 0 aliphatic carbocycles. The van der Waals surface area contributed by atoms with Gasteiger partial charge in [0.1, 0.15) is 5.76 Å². The molecule has 0 saturated carbocycles. The minimum absolute atomic E-state index is 0.00269. The third-order valence-corrected chi connectivity index (χ3v) is 2.71. The van der Waals surface area contributed by atoms with E-state index in [4.69, 9.17) is 4.42 Å². The fraction of sp³-hybridized carbons (Fsp3) is 0.545. The van der Waals surface area contributed by atoms with Crippen LogP contribution in [0.1, 0.15) is 23.2 Å². The van der Waals surface area contributed by atoms with Crippen molar-refractivity contribution in [3.05, 3.63) is 23.7 Å². The van der Waals surface area contributed by atoms with E-state index in [1.807, 2.05) is 24.8 Å². The van der Waals surface area contributed by atoms with Crippen LogP contribution in [-0.4, -0.2) is 36.5 Å². The first-order valence-corrected chi connectivity index (χ1v) is 5.26. The van der Waals surface area contributed by atoms with Crippen molar-refractivity contribution in [1.82, 2.24) is 10.2 Å². The Morgan fingerprint density at radius 3 is 3.00 bits per heavy atom. The Balaban J connectivity index is 2.13. The summed E-state index contributed by atoms with van der Waals surface area (Å²) in [4.78, 5) is 13.9. The van der Waals surface area contributed by atoms with Crippen molar-refractivity contribution in [3.8, 4) is 0 Å². The van der Waals surface area contributed by atoms with Gasteiger partial charge in [-0.25, -0.2) is 0 Å². The van der Waals surface area contributed by atoms with Crippen LogP contribution in [0.3, 0.4) is 0 Å². The molecule has 0 bridgehead atoms. The van der Waals surface area contributed by atoms with Crippen LogP contribution in [0.25, 0.3) is 0 Å². The van der Waals surface area contributed by atoms with E-state index >= 15 is 0 Å². The number of nitrogens with one attached hydrogen (secondary N) is 1. The van der Waals surface area contributed by atoms with Crippen LogP contribution in [0.4, 0.5) is 0 Å². The second-order valence-corrected chi connectivity index (χ2v) is 3.96. The van der Waals surface area contributed by atoms with Crippen molar-refractivity contribution in [1.29, 1.82) is 0 Å². The molecule has 0 radical (unpaired) electrons. The van der Waals surface area contributed by atoms with Gasteiger partial charge in [-0.05, 0) is 26.0 Å². The molecule has 1 N–H and O–H groups in total. The van der Waals surface area contributed by atoms with Crippen molar-refractivity contribution in [2.24, 2.45) is 0 Å². The second kappa shape index (κ2) is 4.06. The number of rotatable bonds is 1. The fourth-order valence-corrected chi connectivity index (χ4v) is 1.83. The number of hydrogen-bond donors (Lipinski definition) is 1. The van der Waals surface area contributed by atoms with Gasteiger partial charge in [-0.15, -0.1) is 0 Å². The van der Waals surface area contributed by atoms with Gasteiger partial charge in [0.2, 0.25) is 0 Å². The number of carbonyl (C=O) groups excluding carboxylic acids is 1. The van der Waals surface area contributed by atoms with Crippen LogP contribution in [0, 0.1) is 6.92 Å². The van der Waals surface area contributed by atoms with Crippen molar-refractivity contribution < 1.29 is 9.21 Å². The summed E-state index contributed by atoms with van der Waals surface area (Å²) < 4.78 is 5.34. The maximum atomic E-state index is 12.0. The zero-order valence-electron chi connectivity index (χ0n) is 9.12. The summed E-state index contributed by atoms with van der Waals surface area (Å²) in [6, 6.07) is 3.80. The zero-order valence-corrected chi connectivity index (χ0v) is 9.12. The number of amides is 1. The summed E-state index contributed by atoms with van der Waals surface area (Å²) in [5.41, 5.74) is 0. The lowest BCUT2D eigenvalue weighted by atomic mass is 10.2. The quantitative estimate of drug-likeness (QED) is 0.749. The Kier molecular flexibility index (Phi) is 2.77. The van der Waals surface area contributed by atoms with Gasteiger partial charge >= 0.3 is 0 Å². The number of carbonyl (C=O) groups is 1. The summed E-state index contributed by atoms with van der Waals surface area (Å²) in [6.07, 6.45) is 0. The Morgan fingerprint density at radius 1 is 1.60 bits per heavy atom. The van der Waals surface area contributed by atoms with Crippen LogP contribution in [-0.2, 0) is 0 Å². The summed E-state index contributed by atoms with van der Waals surface area (Å²) in [7, 11) is 0. The maximum absolute atomic E-state index is 12.0. The highest BCUT2D eigenvalue weighted by atomic mass is 16.3. The first-order chi connectivity index (χ1) is 7.18. The highest BCUT2D eigenvalue weighted by molar-refractivity contribution is 5.91. The standard InChI is InChI=1S/C11H16N2O2/c1-8-7-12-5-6-13(8)11(14)10-4-3-9(2)15-10/h3-4,8,12H,5-7H2,1-2H3/t8-/m1/s1. The number of piperazine rings is 1. The van der Waals surface area contributed by atoms with E-state index in [9.17, 15) is 4.79 Å². The van der Waals surface area contributed by atoms with Crippen LogP contribution in [0.5, 0.6) is 0 Å². The van der Waals surface area contributed by atoms with E-state index in [0.717, 1.165) is 25.4 Å². The fourth-order valence-electron chi connectivity index (χ4n) is 1.83. The van der Waals surface area contributed by atoms with Crippen molar-refractivity contribution in [2.45, 2.75) is 19.9 Å². The topological polar surface area (TPSA) is 45.5 Å². The van der Waals surface area contributed by atoms with E-state index in [0.29, 0.717) is 5.76 Å². The highest BCUT2D eigenvalue weighted by Crippen LogP contribution is 2.12. The molecule has 1 aliphatic rings. The molecule has 1 aliphatic heterocycles. The second-order valence-electron chi connectivity index (χ2n) is 3.96. The SMILES string of the molecule is Cc1ccc(C(=O)N2CCNC[C@H]2C)o1. The van der Waals surface area contributed by atoms with E-state index in [1.54, 1.807) is 6.07 Å². The van der Waals surface area contributed by atoms with E-state index in [1.165, 1.54) is 0 Å². The average molecular weight is 208 g/mol. The van der Waals surface area contributed by atoms with E-state index in [2.05, 4.69) is 5.32 Å². The molecule has 0 spiro atoms. The lowest BCUT2D eigenvalue weighted by Gasteiger charge is -2.33. The predicted octanol–water partition coefficient (Wildman–Crippen LogP) is 1.02. The van der Waals surface area contributed by atoms with Crippen LogP contribution in [0.2, 0.25) is 0 Å². The van der Waals surface area contributed by atoms with E-state index in [-0.39, 0.29) is 11.9 Å². The molecule has 1 saturated heterocycles. The number of nitrogens with zero attached hydrogens (tertiary/aromatic N) is 1. The largest absolute Gasteiger partial charge is 0.456 e. The van der Waals surface area contributed by atoms with Crippen molar-refractivity contribution in [3.63, 3.8) is 0 Å². The lowest BCUT2D eigenvalue weighted by Crippen LogP contribution is -2.52. The molecule has 1 aromatic heterocycles. The van der Waals surface area contributed by atoms with Gasteiger partial charge in [-0.1, -0.05) is 0 Å². The number of hydrogen-bond acceptors (Lipinski definition) is 3. The van der Waals surface area contributed by atoms with Gasteiger partial charge in [-0.2, -0.15) is 0 Å². The Labute approximate surface area is 89.2 Å². The zero-order chi connectivity index (χ0) is 10.8. The smallest absolute Gasteiger partial charge is 0.289 e. The molecule has 1 amide bonds. The molecule has 15 heavy (non-hydrogen) atoms. The average Bonchev–Trinajstić information content (AvgIpc) is 2.65. The minimum Gasteiger partial charge on any atom is -0.456 e. The molecule has 4 heteroatoms. The Bertz CT molecular complexity index is 359. The van der Waals surface area contributed by atoms with Gasteiger partial charge in [0.15, 0.2) is 5.76 Å². The summed E-state index contributed by atoms with van der Waals surface area (Å²) in [5.74, 6) is 1.22. The van der Waals surface area contributed by atoms with Gasteiger partial charge < -0.3 is 14.6 Å². The van der Waals surface area contributed by atoms with Gasteiger partial charge in [0, 0.05) is 25.7 Å². The molecule has 2 heterocycles. The molecule has 4 nitrogen and oxygen atoms in total. The number of furan rings is 1. The molecule has 1 fully saturated rings. The normalized spacial score (nSPS) is 21.7. The molecule has 1 atom stereocenters. The van der Waals surface area contributed by atoms with Crippen LogP contribution >= 0.6 is 0 Å². The summed E-state index contributed by atoms with van der Waals surface area (Å²) in [5, 5.41) is 3.25. The van der Waals surface area contributed by atoms with Gasteiger partial charge in [0.05, 0.1) is 0 Å². The molecule has 82 valence electrons. The molecule has 0 unspecified atom stereocenters. The van der Waals surface area contributed by atoms with Gasteiger partial charge in [0.25, 0.3) is 5.91 Å². The number of aryl methyl sites for hydroxylation is 1. The van der Waals surface area contributed by atoms with Crippen molar-refractivity contribution in [2.75, 3.05) is 19.6 Å². The van der Waals surface area contributed by atoms with Crippen molar-refractivity contribution >= 4 is 5.91 Å². The predicted molar refractivity (Wildman–Crippen MR) is 56.8 cm³/mol. The van der Waals surface area contributed by atoms with Gasteiger partial charge in [-0.3, -0.25) is 4.79 Å². The van der Waals surface area contributed by atoms with E-state index < -0.39 is 0 Å². The lowest BCUT2D eigenvalue weighted by molar-refractivity contribution is 0.0622. The third-order valence-electron chi connectivity index (χ3n) is 2.71. The minimum atomic E-state index is -0.00269. The maximum Gasteiger partial charge on any atom is 0.289 e. The first kappa shape index (κ1) is 10.2.